The van der Waals surface area contributed by atoms with Crippen LogP contribution in [0.3, 0.4) is 0 Å². The minimum atomic E-state index is 0.0397. The third-order valence-corrected chi connectivity index (χ3v) is 6.44. The molecule has 0 aliphatic heterocycles. The Kier molecular flexibility index (Phi) is 8.77. The molecule has 3 aromatic carbocycles. The highest BCUT2D eigenvalue weighted by Crippen LogP contribution is 2.27. The number of amides is 1. The predicted molar refractivity (Wildman–Crippen MR) is 147 cm³/mol. The first kappa shape index (κ1) is 25.5. The van der Waals surface area contributed by atoms with Gasteiger partial charge in [-0.3, -0.25) is 4.79 Å². The quantitative estimate of drug-likeness (QED) is 0.243. The summed E-state index contributed by atoms with van der Waals surface area (Å²) >= 11 is 0. The molecule has 0 spiro atoms. The van der Waals surface area contributed by atoms with Gasteiger partial charge in [0.1, 0.15) is 11.6 Å². The molecule has 0 radical (unpaired) electrons. The number of carbonyl (C=O) groups is 1. The highest BCUT2D eigenvalue weighted by molar-refractivity contribution is 5.78. The van der Waals surface area contributed by atoms with Crippen molar-refractivity contribution in [1.82, 2.24) is 14.9 Å². The third-order valence-electron chi connectivity index (χ3n) is 6.44. The molecule has 1 heterocycles. The third kappa shape index (κ3) is 6.75. The number of ether oxygens (including phenoxy) is 1. The Hall–Kier alpha value is -3.60. The molecule has 0 unspecified atom stereocenters. The van der Waals surface area contributed by atoms with E-state index in [-0.39, 0.29) is 5.91 Å². The van der Waals surface area contributed by atoms with Crippen LogP contribution in [0.4, 0.5) is 0 Å². The Balaban J connectivity index is 1.31. The smallest absolute Gasteiger partial charge is 0.224 e. The zero-order valence-electron chi connectivity index (χ0n) is 21.7. The second-order valence-electron chi connectivity index (χ2n) is 9.68. The highest BCUT2D eigenvalue weighted by atomic mass is 16.5. The summed E-state index contributed by atoms with van der Waals surface area (Å²) < 4.78 is 8.48. The summed E-state index contributed by atoms with van der Waals surface area (Å²) in [6.45, 7) is 8.65. The lowest BCUT2D eigenvalue weighted by molar-refractivity contribution is -0.120. The van der Waals surface area contributed by atoms with Crippen LogP contribution in [0.25, 0.3) is 11.0 Å². The number of imidazole rings is 1. The molecule has 5 heteroatoms. The normalized spacial score (nSPS) is 11.2. The van der Waals surface area contributed by atoms with E-state index in [0.29, 0.717) is 31.9 Å². The maximum Gasteiger partial charge on any atom is 0.224 e. The number of rotatable bonds is 12. The van der Waals surface area contributed by atoms with Crippen molar-refractivity contribution in [2.24, 2.45) is 0 Å². The van der Waals surface area contributed by atoms with Crippen LogP contribution in [0, 0.1) is 6.92 Å². The van der Waals surface area contributed by atoms with Crippen LogP contribution < -0.4 is 10.1 Å². The van der Waals surface area contributed by atoms with Gasteiger partial charge in [-0.25, -0.2) is 4.98 Å². The number of aromatic nitrogens is 2. The number of nitrogens with zero attached hydrogens (tertiary/aromatic N) is 2. The van der Waals surface area contributed by atoms with E-state index in [2.05, 4.69) is 67.1 Å². The van der Waals surface area contributed by atoms with E-state index in [1.165, 1.54) is 11.1 Å². The summed E-state index contributed by atoms with van der Waals surface area (Å²) in [7, 11) is 0. The van der Waals surface area contributed by atoms with Gasteiger partial charge in [0.15, 0.2) is 0 Å². The maximum atomic E-state index is 12.4. The standard InChI is InChI=1S/C31H37N3O2/c1-23(2)26-16-15-24(3)21-29(26)36-20-10-9-19-34-28-14-8-7-13-27(28)33-30(34)17-18-32-31(35)22-25-11-5-4-6-12-25/h4-8,11-16,21,23H,9-10,17-20,22H2,1-3H3,(H,32,35). The fraction of sp³-hybridized carbons (Fsp3) is 0.355. The first-order valence-electron chi connectivity index (χ1n) is 13.0. The molecule has 1 amide bonds. The summed E-state index contributed by atoms with van der Waals surface area (Å²) in [6.07, 6.45) is 3.06. The number of nitrogens with one attached hydrogen (secondary N) is 1. The number of benzene rings is 3. The molecule has 5 nitrogen and oxygen atoms in total. The van der Waals surface area contributed by atoms with Gasteiger partial charge in [-0.15, -0.1) is 0 Å². The maximum absolute atomic E-state index is 12.4. The lowest BCUT2D eigenvalue weighted by Gasteiger charge is -2.15. The highest BCUT2D eigenvalue weighted by Gasteiger charge is 2.12. The van der Waals surface area contributed by atoms with Gasteiger partial charge in [-0.05, 0) is 60.6 Å². The van der Waals surface area contributed by atoms with E-state index in [1.54, 1.807) is 0 Å². The minimum Gasteiger partial charge on any atom is -0.493 e. The summed E-state index contributed by atoms with van der Waals surface area (Å²) in [5, 5.41) is 3.05. The van der Waals surface area contributed by atoms with Crippen molar-refractivity contribution in [2.75, 3.05) is 13.2 Å². The van der Waals surface area contributed by atoms with Crippen molar-refractivity contribution >= 4 is 16.9 Å². The molecule has 0 saturated heterocycles. The Labute approximate surface area is 214 Å². The van der Waals surface area contributed by atoms with Gasteiger partial charge >= 0.3 is 0 Å². The molecule has 0 saturated carbocycles. The molecule has 188 valence electrons. The molecule has 4 aromatic rings. The molecule has 1 aromatic heterocycles. The number of hydrogen-bond donors (Lipinski definition) is 1. The van der Waals surface area contributed by atoms with Crippen LogP contribution in [-0.4, -0.2) is 28.6 Å². The summed E-state index contributed by atoms with van der Waals surface area (Å²) in [5.41, 5.74) is 5.65. The van der Waals surface area contributed by atoms with Crippen molar-refractivity contribution < 1.29 is 9.53 Å². The van der Waals surface area contributed by atoms with Crippen molar-refractivity contribution in [2.45, 2.75) is 58.9 Å². The van der Waals surface area contributed by atoms with Gasteiger partial charge < -0.3 is 14.6 Å². The number of aryl methyl sites for hydroxylation is 2. The SMILES string of the molecule is Cc1ccc(C(C)C)c(OCCCCn2c(CCNC(=O)Cc3ccccc3)nc3ccccc32)c1. The molecule has 4 rings (SSSR count). The van der Waals surface area contributed by atoms with Crippen LogP contribution in [-0.2, 0) is 24.2 Å². The summed E-state index contributed by atoms with van der Waals surface area (Å²) in [5.74, 6) is 2.49. The van der Waals surface area contributed by atoms with E-state index in [4.69, 9.17) is 9.72 Å². The van der Waals surface area contributed by atoms with Crippen molar-refractivity contribution in [1.29, 1.82) is 0 Å². The van der Waals surface area contributed by atoms with E-state index >= 15 is 0 Å². The van der Waals surface area contributed by atoms with E-state index in [0.717, 1.165) is 47.6 Å². The van der Waals surface area contributed by atoms with Crippen LogP contribution in [0.1, 0.15) is 55.1 Å². The first-order valence-corrected chi connectivity index (χ1v) is 13.0. The van der Waals surface area contributed by atoms with Gasteiger partial charge in [-0.1, -0.05) is 68.4 Å². The number of carbonyl (C=O) groups excluding carboxylic acids is 1. The minimum absolute atomic E-state index is 0.0397. The van der Waals surface area contributed by atoms with Crippen molar-refractivity contribution in [3.8, 4) is 5.75 Å². The first-order chi connectivity index (χ1) is 17.5. The second-order valence-corrected chi connectivity index (χ2v) is 9.68. The molecule has 0 aliphatic carbocycles. The van der Waals surface area contributed by atoms with E-state index in [9.17, 15) is 4.79 Å². The number of unbranched alkanes of at least 4 members (excludes halogenated alkanes) is 1. The van der Waals surface area contributed by atoms with Crippen LogP contribution in [0.5, 0.6) is 5.75 Å². The van der Waals surface area contributed by atoms with Crippen molar-refractivity contribution in [3.05, 3.63) is 95.3 Å². The van der Waals surface area contributed by atoms with E-state index < -0.39 is 0 Å². The Morgan fingerprint density at radius 1 is 1.00 bits per heavy atom. The molecule has 0 fully saturated rings. The van der Waals surface area contributed by atoms with Crippen molar-refractivity contribution in [3.63, 3.8) is 0 Å². The molecule has 0 aliphatic rings. The summed E-state index contributed by atoms with van der Waals surface area (Å²) in [6, 6.07) is 24.6. The fourth-order valence-corrected chi connectivity index (χ4v) is 4.52. The molecular weight excluding hydrogens is 446 g/mol. The topological polar surface area (TPSA) is 56.1 Å². The number of hydrogen-bond acceptors (Lipinski definition) is 3. The lowest BCUT2D eigenvalue weighted by atomic mass is 10.0. The molecule has 0 atom stereocenters. The predicted octanol–water partition coefficient (Wildman–Crippen LogP) is 6.23. The largest absolute Gasteiger partial charge is 0.493 e. The fourth-order valence-electron chi connectivity index (χ4n) is 4.52. The van der Waals surface area contributed by atoms with Crippen LogP contribution in [0.2, 0.25) is 0 Å². The average Bonchev–Trinajstić information content (AvgIpc) is 3.21. The number of fused-ring (bicyclic) bond motifs is 1. The zero-order valence-corrected chi connectivity index (χ0v) is 21.7. The molecule has 36 heavy (non-hydrogen) atoms. The van der Waals surface area contributed by atoms with E-state index in [1.807, 2.05) is 36.4 Å². The Bertz CT molecular complexity index is 1280. The molecular formula is C31H37N3O2. The Morgan fingerprint density at radius 2 is 1.78 bits per heavy atom. The van der Waals surface area contributed by atoms with Gasteiger partial charge in [0, 0.05) is 19.5 Å². The lowest BCUT2D eigenvalue weighted by Crippen LogP contribution is -2.28. The second kappa shape index (κ2) is 12.4. The monoisotopic (exact) mass is 483 g/mol. The molecule has 1 N–H and O–H groups in total. The van der Waals surface area contributed by atoms with Gasteiger partial charge in [0.2, 0.25) is 5.91 Å². The van der Waals surface area contributed by atoms with Gasteiger partial charge in [0.05, 0.1) is 24.1 Å². The van der Waals surface area contributed by atoms with Crippen LogP contribution >= 0.6 is 0 Å². The number of para-hydroxylation sites is 2. The van der Waals surface area contributed by atoms with Gasteiger partial charge in [0.25, 0.3) is 0 Å². The zero-order chi connectivity index (χ0) is 25.3. The average molecular weight is 484 g/mol. The van der Waals surface area contributed by atoms with Crippen LogP contribution in [0.15, 0.2) is 72.8 Å². The van der Waals surface area contributed by atoms with Gasteiger partial charge in [-0.2, -0.15) is 0 Å². The molecule has 0 bridgehead atoms. The Morgan fingerprint density at radius 3 is 2.58 bits per heavy atom. The summed E-state index contributed by atoms with van der Waals surface area (Å²) in [4.78, 5) is 17.2.